The van der Waals surface area contributed by atoms with Crippen LogP contribution in [0.15, 0.2) is 18.2 Å². The van der Waals surface area contributed by atoms with Crippen LogP contribution in [0.4, 0.5) is 0 Å². The first-order valence-corrected chi connectivity index (χ1v) is 6.58. The molecule has 2 atom stereocenters. The Kier molecular flexibility index (Phi) is 3.81. The molecule has 0 aromatic heterocycles. The van der Waals surface area contributed by atoms with Gasteiger partial charge >= 0.3 is 0 Å². The van der Waals surface area contributed by atoms with Gasteiger partial charge in [0.25, 0.3) is 0 Å². The van der Waals surface area contributed by atoms with E-state index in [1.165, 1.54) is 0 Å². The maximum absolute atomic E-state index is 10.8. The molecule has 1 aromatic rings. The monoisotopic (exact) mass is 250 g/mol. The third kappa shape index (κ3) is 2.32. The van der Waals surface area contributed by atoms with Gasteiger partial charge in [-0.1, -0.05) is 19.4 Å². The van der Waals surface area contributed by atoms with Gasteiger partial charge in [-0.05, 0) is 42.9 Å². The van der Waals surface area contributed by atoms with E-state index < -0.39 is 5.60 Å². The van der Waals surface area contributed by atoms with Crippen molar-refractivity contribution >= 4 is 0 Å². The standard InChI is InChI=1S/C15H22O3/c1-4-11-7-8-15(16,10-11)12-5-6-13(17-2)14(9-12)18-3/h5-6,9,11,16H,4,7-8,10H2,1-3H3. The van der Waals surface area contributed by atoms with Crippen LogP contribution >= 0.6 is 0 Å². The molecule has 2 unspecified atom stereocenters. The smallest absolute Gasteiger partial charge is 0.161 e. The lowest BCUT2D eigenvalue weighted by Crippen LogP contribution is -2.21. The SMILES string of the molecule is CCC1CCC(O)(c2ccc(OC)c(OC)c2)C1. The number of hydrogen-bond donors (Lipinski definition) is 1. The molecular weight excluding hydrogens is 228 g/mol. The number of methoxy groups -OCH3 is 2. The normalized spacial score (nSPS) is 27.2. The predicted octanol–water partition coefficient (Wildman–Crippen LogP) is 3.10. The molecule has 1 N–H and O–H groups in total. The van der Waals surface area contributed by atoms with Gasteiger partial charge < -0.3 is 14.6 Å². The first-order chi connectivity index (χ1) is 8.62. The summed E-state index contributed by atoms with van der Waals surface area (Å²) in [6.07, 6.45) is 3.91. The molecule has 3 heteroatoms. The van der Waals surface area contributed by atoms with Gasteiger partial charge in [0, 0.05) is 0 Å². The van der Waals surface area contributed by atoms with Crippen molar-refractivity contribution in [3.63, 3.8) is 0 Å². The average Bonchev–Trinajstić information content (AvgIpc) is 2.81. The molecular formula is C15H22O3. The maximum atomic E-state index is 10.8. The lowest BCUT2D eigenvalue weighted by molar-refractivity contribution is 0.0395. The van der Waals surface area contributed by atoms with Crippen LogP contribution in [-0.4, -0.2) is 19.3 Å². The third-order valence-electron chi connectivity index (χ3n) is 4.09. The molecule has 0 radical (unpaired) electrons. The highest BCUT2D eigenvalue weighted by Gasteiger charge is 2.38. The molecule has 2 rings (SSSR count). The van der Waals surface area contributed by atoms with Crippen LogP contribution in [0.5, 0.6) is 11.5 Å². The molecule has 1 aromatic carbocycles. The highest BCUT2D eigenvalue weighted by Crippen LogP contribution is 2.45. The molecule has 0 spiro atoms. The van der Waals surface area contributed by atoms with Crippen molar-refractivity contribution in [1.82, 2.24) is 0 Å². The summed E-state index contributed by atoms with van der Waals surface area (Å²) in [5.41, 5.74) is 0.247. The first-order valence-electron chi connectivity index (χ1n) is 6.58. The molecule has 0 aliphatic heterocycles. The fourth-order valence-corrected chi connectivity index (χ4v) is 2.86. The van der Waals surface area contributed by atoms with Crippen molar-refractivity contribution in [2.75, 3.05) is 14.2 Å². The Bertz CT molecular complexity index is 416. The van der Waals surface area contributed by atoms with E-state index in [1.54, 1.807) is 14.2 Å². The highest BCUT2D eigenvalue weighted by atomic mass is 16.5. The van der Waals surface area contributed by atoms with Gasteiger partial charge in [-0.3, -0.25) is 0 Å². The van der Waals surface area contributed by atoms with E-state index in [0.717, 1.165) is 31.2 Å². The minimum absolute atomic E-state index is 0.628. The van der Waals surface area contributed by atoms with E-state index >= 15 is 0 Å². The van der Waals surface area contributed by atoms with Crippen LogP contribution in [0.3, 0.4) is 0 Å². The van der Waals surface area contributed by atoms with Crippen molar-refractivity contribution < 1.29 is 14.6 Å². The van der Waals surface area contributed by atoms with E-state index in [-0.39, 0.29) is 0 Å². The number of rotatable bonds is 4. The summed E-state index contributed by atoms with van der Waals surface area (Å²) >= 11 is 0. The lowest BCUT2D eigenvalue weighted by Gasteiger charge is -2.24. The minimum atomic E-state index is -0.694. The van der Waals surface area contributed by atoms with E-state index in [4.69, 9.17) is 9.47 Å². The number of ether oxygens (including phenoxy) is 2. The quantitative estimate of drug-likeness (QED) is 0.892. The van der Waals surface area contributed by atoms with Crippen molar-refractivity contribution in [3.8, 4) is 11.5 Å². The van der Waals surface area contributed by atoms with Crippen LogP contribution < -0.4 is 9.47 Å². The minimum Gasteiger partial charge on any atom is -0.493 e. The van der Waals surface area contributed by atoms with Crippen LogP contribution in [-0.2, 0) is 5.60 Å². The summed E-state index contributed by atoms with van der Waals surface area (Å²) < 4.78 is 10.5. The molecule has 0 saturated heterocycles. The highest BCUT2D eigenvalue weighted by molar-refractivity contribution is 5.44. The zero-order valence-electron chi connectivity index (χ0n) is 11.4. The van der Waals surface area contributed by atoms with Crippen LogP contribution in [0.1, 0.15) is 38.2 Å². The van der Waals surface area contributed by atoms with E-state index in [0.29, 0.717) is 17.4 Å². The van der Waals surface area contributed by atoms with Gasteiger partial charge in [-0.25, -0.2) is 0 Å². The molecule has 1 aliphatic carbocycles. The predicted molar refractivity (Wildman–Crippen MR) is 71.1 cm³/mol. The fraction of sp³-hybridized carbons (Fsp3) is 0.600. The molecule has 18 heavy (non-hydrogen) atoms. The fourth-order valence-electron chi connectivity index (χ4n) is 2.86. The largest absolute Gasteiger partial charge is 0.493 e. The molecule has 100 valence electrons. The van der Waals surface area contributed by atoms with Crippen molar-refractivity contribution in [3.05, 3.63) is 23.8 Å². The summed E-state index contributed by atoms with van der Waals surface area (Å²) in [5.74, 6) is 2.02. The Balaban J connectivity index is 2.28. The zero-order chi connectivity index (χ0) is 13.2. The number of aliphatic hydroxyl groups is 1. The van der Waals surface area contributed by atoms with Crippen LogP contribution in [0.25, 0.3) is 0 Å². The molecule has 1 fully saturated rings. The van der Waals surface area contributed by atoms with Gasteiger partial charge in [-0.15, -0.1) is 0 Å². The van der Waals surface area contributed by atoms with Gasteiger partial charge in [0.15, 0.2) is 11.5 Å². The Hall–Kier alpha value is -1.22. The summed E-state index contributed by atoms with van der Waals surface area (Å²) in [6.45, 7) is 2.19. The second kappa shape index (κ2) is 5.19. The molecule has 0 bridgehead atoms. The second-order valence-corrected chi connectivity index (χ2v) is 5.12. The zero-order valence-corrected chi connectivity index (χ0v) is 11.4. The van der Waals surface area contributed by atoms with Gasteiger partial charge in [0.1, 0.15) is 0 Å². The van der Waals surface area contributed by atoms with Crippen LogP contribution in [0, 0.1) is 5.92 Å². The number of benzene rings is 1. The average molecular weight is 250 g/mol. The van der Waals surface area contributed by atoms with Crippen molar-refractivity contribution in [1.29, 1.82) is 0 Å². The third-order valence-corrected chi connectivity index (χ3v) is 4.09. The Morgan fingerprint density at radius 2 is 2.00 bits per heavy atom. The van der Waals surface area contributed by atoms with Crippen LogP contribution in [0.2, 0.25) is 0 Å². The van der Waals surface area contributed by atoms with E-state index in [2.05, 4.69) is 6.92 Å². The van der Waals surface area contributed by atoms with Crippen molar-refractivity contribution in [2.45, 2.75) is 38.2 Å². The maximum Gasteiger partial charge on any atom is 0.161 e. The molecule has 1 aliphatic rings. The first kappa shape index (κ1) is 13.2. The topological polar surface area (TPSA) is 38.7 Å². The van der Waals surface area contributed by atoms with E-state index in [1.807, 2.05) is 18.2 Å². The summed E-state index contributed by atoms with van der Waals surface area (Å²) in [5, 5.41) is 10.8. The summed E-state index contributed by atoms with van der Waals surface area (Å²) in [6, 6.07) is 5.71. The summed E-state index contributed by atoms with van der Waals surface area (Å²) in [4.78, 5) is 0. The molecule has 3 nitrogen and oxygen atoms in total. The van der Waals surface area contributed by atoms with Gasteiger partial charge in [0.05, 0.1) is 19.8 Å². The molecule has 0 heterocycles. The Labute approximate surface area is 109 Å². The van der Waals surface area contributed by atoms with Gasteiger partial charge in [-0.2, -0.15) is 0 Å². The summed E-state index contributed by atoms with van der Waals surface area (Å²) in [7, 11) is 3.24. The van der Waals surface area contributed by atoms with Gasteiger partial charge in [0.2, 0.25) is 0 Å². The van der Waals surface area contributed by atoms with E-state index in [9.17, 15) is 5.11 Å². The molecule has 1 saturated carbocycles. The lowest BCUT2D eigenvalue weighted by atomic mass is 9.90. The Morgan fingerprint density at radius 3 is 2.56 bits per heavy atom. The molecule has 0 amide bonds. The Morgan fingerprint density at radius 1 is 1.28 bits per heavy atom. The number of hydrogen-bond acceptors (Lipinski definition) is 3. The van der Waals surface area contributed by atoms with Crippen molar-refractivity contribution in [2.24, 2.45) is 5.92 Å². The second-order valence-electron chi connectivity index (χ2n) is 5.12.